The highest BCUT2D eigenvalue weighted by Gasteiger charge is 2.32. The van der Waals surface area contributed by atoms with E-state index in [0.717, 1.165) is 17.4 Å². The summed E-state index contributed by atoms with van der Waals surface area (Å²) in [4.78, 5) is 13.1. The molecule has 0 saturated carbocycles. The molecule has 2 atom stereocenters. The summed E-state index contributed by atoms with van der Waals surface area (Å²) in [7, 11) is -6.70. The Morgan fingerprint density at radius 1 is 1.06 bits per heavy atom. The topological polar surface area (TPSA) is 101 Å². The van der Waals surface area contributed by atoms with Crippen molar-refractivity contribution in [3.63, 3.8) is 0 Å². The molecule has 0 bridgehead atoms. The molecule has 1 saturated heterocycles. The molecular formula is C24H32N2O5S2. The molecule has 1 aliphatic rings. The lowest BCUT2D eigenvalue weighted by molar-refractivity contribution is -0.126. The van der Waals surface area contributed by atoms with Gasteiger partial charge in [-0.1, -0.05) is 42.5 Å². The Morgan fingerprint density at radius 3 is 2.36 bits per heavy atom. The van der Waals surface area contributed by atoms with Gasteiger partial charge in [0.1, 0.15) is 0 Å². The van der Waals surface area contributed by atoms with Crippen LogP contribution in [-0.4, -0.2) is 52.1 Å². The second-order valence-electron chi connectivity index (χ2n) is 8.67. The van der Waals surface area contributed by atoms with Crippen LogP contribution in [0.25, 0.3) is 0 Å². The molecule has 9 heteroatoms. The van der Waals surface area contributed by atoms with Gasteiger partial charge in [0.05, 0.1) is 22.6 Å². The van der Waals surface area contributed by atoms with Crippen LogP contribution in [0.15, 0.2) is 59.5 Å². The largest absolute Gasteiger partial charge is 0.349 e. The molecule has 1 N–H and O–H groups in total. The number of sulfone groups is 1. The fourth-order valence-electron chi connectivity index (χ4n) is 4.06. The van der Waals surface area contributed by atoms with Crippen molar-refractivity contribution in [2.75, 3.05) is 25.1 Å². The number of carbonyl (C=O) groups excluding carboxylic acids is 1. The number of amides is 1. The summed E-state index contributed by atoms with van der Waals surface area (Å²) < 4.78 is 50.4. The molecule has 33 heavy (non-hydrogen) atoms. The van der Waals surface area contributed by atoms with Crippen LogP contribution in [0.5, 0.6) is 0 Å². The number of aryl methyl sites for hydroxylation is 1. The van der Waals surface area contributed by atoms with E-state index in [1.54, 1.807) is 12.1 Å². The number of nitrogens with one attached hydrogen (secondary N) is 1. The Labute approximate surface area is 197 Å². The van der Waals surface area contributed by atoms with Crippen LogP contribution in [0, 0.1) is 5.92 Å². The molecule has 2 aromatic carbocycles. The second-order valence-corrected chi connectivity index (χ2v) is 12.8. The molecule has 1 heterocycles. The average Bonchev–Trinajstić information content (AvgIpc) is 2.79. The molecule has 1 aliphatic heterocycles. The maximum atomic E-state index is 12.9. The third-order valence-electron chi connectivity index (χ3n) is 6.03. The minimum Gasteiger partial charge on any atom is -0.349 e. The molecule has 1 fully saturated rings. The standard InChI is InChI=1S/C24H32N2O5S2/c1-19(21-12-14-23(15-13-21)32(2,28)29)25-24(27)22-11-6-16-26(18-22)33(30,31)17-7-10-20-8-4-3-5-9-20/h3-5,8-9,12-15,19,22H,6-7,10-11,16-18H2,1-2H3,(H,25,27)/t19-,22+/m1/s1. The predicted octanol–water partition coefficient (Wildman–Crippen LogP) is 2.94. The van der Waals surface area contributed by atoms with Gasteiger partial charge >= 0.3 is 0 Å². The maximum absolute atomic E-state index is 12.9. The van der Waals surface area contributed by atoms with E-state index in [-0.39, 0.29) is 29.1 Å². The van der Waals surface area contributed by atoms with Crippen molar-refractivity contribution in [2.45, 2.75) is 43.5 Å². The van der Waals surface area contributed by atoms with E-state index >= 15 is 0 Å². The fraction of sp³-hybridized carbons (Fsp3) is 0.458. The van der Waals surface area contributed by atoms with Crippen LogP contribution in [0.3, 0.4) is 0 Å². The summed E-state index contributed by atoms with van der Waals surface area (Å²) in [5.41, 5.74) is 1.90. The van der Waals surface area contributed by atoms with Gasteiger partial charge in [-0.3, -0.25) is 4.79 Å². The van der Waals surface area contributed by atoms with Crippen LogP contribution in [0.4, 0.5) is 0 Å². The number of hydrogen-bond acceptors (Lipinski definition) is 5. The molecule has 180 valence electrons. The fourth-order valence-corrected chi connectivity index (χ4v) is 6.27. The predicted molar refractivity (Wildman–Crippen MR) is 129 cm³/mol. The van der Waals surface area contributed by atoms with Crippen LogP contribution >= 0.6 is 0 Å². The smallest absolute Gasteiger partial charge is 0.224 e. The van der Waals surface area contributed by atoms with E-state index in [1.165, 1.54) is 16.4 Å². The zero-order valence-electron chi connectivity index (χ0n) is 19.1. The van der Waals surface area contributed by atoms with E-state index in [2.05, 4.69) is 5.32 Å². The van der Waals surface area contributed by atoms with Gasteiger partial charge in [-0.25, -0.2) is 21.1 Å². The summed E-state index contributed by atoms with van der Waals surface area (Å²) in [5, 5.41) is 2.95. The molecule has 2 aromatic rings. The molecule has 0 radical (unpaired) electrons. The van der Waals surface area contributed by atoms with Crippen molar-refractivity contribution in [1.82, 2.24) is 9.62 Å². The van der Waals surface area contributed by atoms with Crippen LogP contribution in [-0.2, 0) is 31.1 Å². The first-order chi connectivity index (χ1) is 15.6. The minimum absolute atomic E-state index is 0.0688. The Bertz CT molecular complexity index is 1150. The van der Waals surface area contributed by atoms with Crippen LogP contribution < -0.4 is 5.32 Å². The summed E-state index contributed by atoms with van der Waals surface area (Å²) >= 11 is 0. The molecular weight excluding hydrogens is 460 g/mol. The Hall–Kier alpha value is -2.23. The van der Waals surface area contributed by atoms with Gasteiger partial charge in [0, 0.05) is 19.3 Å². The van der Waals surface area contributed by atoms with Gasteiger partial charge in [0.15, 0.2) is 9.84 Å². The molecule has 0 spiro atoms. The lowest BCUT2D eigenvalue weighted by Gasteiger charge is -2.32. The summed E-state index contributed by atoms with van der Waals surface area (Å²) in [6.45, 7) is 2.47. The van der Waals surface area contributed by atoms with E-state index in [1.807, 2.05) is 37.3 Å². The molecule has 3 rings (SSSR count). The zero-order valence-corrected chi connectivity index (χ0v) is 20.7. The molecule has 0 aromatic heterocycles. The van der Waals surface area contributed by atoms with Gasteiger partial charge < -0.3 is 5.32 Å². The maximum Gasteiger partial charge on any atom is 0.224 e. The van der Waals surface area contributed by atoms with E-state index in [9.17, 15) is 21.6 Å². The van der Waals surface area contributed by atoms with E-state index < -0.39 is 25.8 Å². The number of rotatable bonds is 9. The van der Waals surface area contributed by atoms with Crippen LogP contribution in [0.2, 0.25) is 0 Å². The first kappa shape index (κ1) is 25.4. The Kier molecular flexibility index (Phi) is 8.31. The van der Waals surface area contributed by atoms with Crippen molar-refractivity contribution < 1.29 is 21.6 Å². The average molecular weight is 493 g/mol. The Balaban J connectivity index is 1.54. The number of piperidine rings is 1. The van der Waals surface area contributed by atoms with Crippen molar-refractivity contribution in [3.05, 3.63) is 65.7 Å². The van der Waals surface area contributed by atoms with Gasteiger partial charge in [-0.15, -0.1) is 0 Å². The summed E-state index contributed by atoms with van der Waals surface area (Å²) in [6, 6.07) is 15.9. The molecule has 1 amide bonds. The van der Waals surface area contributed by atoms with E-state index in [4.69, 9.17) is 0 Å². The quantitative estimate of drug-likeness (QED) is 0.580. The molecule has 0 aliphatic carbocycles. The number of hydrogen-bond donors (Lipinski definition) is 1. The highest BCUT2D eigenvalue weighted by Crippen LogP contribution is 2.22. The first-order valence-electron chi connectivity index (χ1n) is 11.2. The number of sulfonamides is 1. The SMILES string of the molecule is C[C@@H](NC(=O)[C@H]1CCCN(S(=O)(=O)CCCc2ccccc2)C1)c1ccc(S(C)(=O)=O)cc1. The van der Waals surface area contributed by atoms with Crippen molar-refractivity contribution in [2.24, 2.45) is 5.92 Å². The lowest BCUT2D eigenvalue weighted by Crippen LogP contribution is -2.46. The monoisotopic (exact) mass is 492 g/mol. The lowest BCUT2D eigenvalue weighted by atomic mass is 9.98. The number of nitrogens with zero attached hydrogens (tertiary/aromatic N) is 1. The van der Waals surface area contributed by atoms with Crippen molar-refractivity contribution >= 4 is 25.8 Å². The van der Waals surface area contributed by atoms with Gasteiger partial charge in [0.2, 0.25) is 15.9 Å². The van der Waals surface area contributed by atoms with Gasteiger partial charge in [0.25, 0.3) is 0 Å². The number of carbonyl (C=O) groups is 1. The zero-order chi connectivity index (χ0) is 24.1. The summed E-state index contributed by atoms with van der Waals surface area (Å²) in [5.74, 6) is -0.515. The van der Waals surface area contributed by atoms with Crippen molar-refractivity contribution in [3.8, 4) is 0 Å². The van der Waals surface area contributed by atoms with Crippen LogP contribution in [0.1, 0.15) is 43.4 Å². The number of benzene rings is 2. The highest BCUT2D eigenvalue weighted by atomic mass is 32.2. The van der Waals surface area contributed by atoms with E-state index in [0.29, 0.717) is 32.2 Å². The third-order valence-corrected chi connectivity index (χ3v) is 9.08. The molecule has 0 unspecified atom stereocenters. The second kappa shape index (κ2) is 10.8. The van der Waals surface area contributed by atoms with Gasteiger partial charge in [-0.05, 0) is 55.9 Å². The third kappa shape index (κ3) is 7.12. The summed E-state index contributed by atoms with van der Waals surface area (Å²) in [6.07, 6.45) is 3.68. The highest BCUT2D eigenvalue weighted by molar-refractivity contribution is 7.90. The van der Waals surface area contributed by atoms with Gasteiger partial charge in [-0.2, -0.15) is 0 Å². The minimum atomic E-state index is -3.42. The first-order valence-corrected chi connectivity index (χ1v) is 14.7. The normalized spacial score (nSPS) is 18.5. The molecule has 7 nitrogen and oxygen atoms in total. The Morgan fingerprint density at radius 2 is 1.73 bits per heavy atom. The van der Waals surface area contributed by atoms with Crippen molar-refractivity contribution in [1.29, 1.82) is 0 Å².